The standard InChI is InChI=1S/C26H26FN3O3/c1-16-22-13-19(27)8-9-23(22)29-24(16)26(31)30-10-4-6-18(15-30)25-28-14-21(33-25)12-17-5-3-7-20(11-17)32-2/h3,5,7-9,11,13-14,18,29H,4,6,10,12,15H2,1-2H3/t18-/m0/s1. The zero-order valence-electron chi connectivity index (χ0n) is 18.7. The molecule has 33 heavy (non-hydrogen) atoms. The van der Waals surface area contributed by atoms with E-state index in [1.807, 2.05) is 36.1 Å². The molecule has 0 bridgehead atoms. The Balaban J connectivity index is 1.31. The minimum atomic E-state index is -0.310. The summed E-state index contributed by atoms with van der Waals surface area (Å²) in [5, 5.41) is 0.738. The lowest BCUT2D eigenvalue weighted by atomic mass is 9.97. The number of H-pyrrole nitrogens is 1. The zero-order valence-corrected chi connectivity index (χ0v) is 18.7. The molecule has 1 fully saturated rings. The predicted octanol–water partition coefficient (Wildman–Crippen LogP) is 5.22. The molecule has 1 atom stereocenters. The van der Waals surface area contributed by atoms with Gasteiger partial charge in [0.1, 0.15) is 23.0 Å². The molecule has 0 aliphatic carbocycles. The molecule has 7 heteroatoms. The van der Waals surface area contributed by atoms with Crippen molar-refractivity contribution in [2.75, 3.05) is 20.2 Å². The first kappa shape index (κ1) is 21.2. The van der Waals surface area contributed by atoms with E-state index in [2.05, 4.69) is 9.97 Å². The van der Waals surface area contributed by atoms with Gasteiger partial charge < -0.3 is 19.0 Å². The lowest BCUT2D eigenvalue weighted by Gasteiger charge is -2.31. The van der Waals surface area contributed by atoms with Gasteiger partial charge in [0.25, 0.3) is 5.91 Å². The largest absolute Gasteiger partial charge is 0.497 e. The Morgan fingerprint density at radius 2 is 2.18 bits per heavy atom. The number of aromatic nitrogens is 2. The number of aromatic amines is 1. The summed E-state index contributed by atoms with van der Waals surface area (Å²) >= 11 is 0. The van der Waals surface area contributed by atoms with Gasteiger partial charge in [0.2, 0.25) is 0 Å². The molecule has 0 radical (unpaired) electrons. The summed E-state index contributed by atoms with van der Waals surface area (Å²) < 4.78 is 25.0. The van der Waals surface area contributed by atoms with Crippen molar-refractivity contribution < 1.29 is 18.3 Å². The maximum atomic E-state index is 13.7. The molecule has 5 rings (SSSR count). The summed E-state index contributed by atoms with van der Waals surface area (Å²) in [7, 11) is 1.65. The average molecular weight is 448 g/mol. The molecule has 4 aromatic rings. The van der Waals surface area contributed by atoms with E-state index >= 15 is 0 Å². The van der Waals surface area contributed by atoms with E-state index in [0.29, 0.717) is 31.1 Å². The number of rotatable bonds is 5. The van der Waals surface area contributed by atoms with E-state index in [1.54, 1.807) is 19.4 Å². The number of hydrogen-bond acceptors (Lipinski definition) is 4. The van der Waals surface area contributed by atoms with E-state index in [4.69, 9.17) is 9.15 Å². The van der Waals surface area contributed by atoms with E-state index in [0.717, 1.165) is 46.4 Å². The maximum absolute atomic E-state index is 13.7. The van der Waals surface area contributed by atoms with Gasteiger partial charge in [-0.05, 0) is 61.2 Å². The molecule has 1 aliphatic heterocycles. The molecule has 0 spiro atoms. The average Bonchev–Trinajstić information content (AvgIpc) is 3.43. The van der Waals surface area contributed by atoms with Crippen LogP contribution in [0.25, 0.3) is 10.9 Å². The Hall–Kier alpha value is -3.61. The molecule has 1 aliphatic rings. The number of methoxy groups -OCH3 is 1. The van der Waals surface area contributed by atoms with Crippen LogP contribution in [0.15, 0.2) is 53.1 Å². The number of aryl methyl sites for hydroxylation is 1. The molecule has 1 saturated heterocycles. The van der Waals surface area contributed by atoms with Gasteiger partial charge in [-0.25, -0.2) is 9.37 Å². The van der Waals surface area contributed by atoms with Crippen molar-refractivity contribution in [1.82, 2.24) is 14.9 Å². The number of hydrogen-bond donors (Lipinski definition) is 1. The fraction of sp³-hybridized carbons (Fsp3) is 0.308. The SMILES string of the molecule is COc1cccc(Cc2cnc([C@H]3CCCN(C(=O)c4[nH]c5ccc(F)cc5c4C)C3)o2)c1. The number of benzene rings is 2. The van der Waals surface area contributed by atoms with Crippen molar-refractivity contribution >= 4 is 16.8 Å². The Bertz CT molecular complexity index is 1310. The predicted molar refractivity (Wildman–Crippen MR) is 123 cm³/mol. The van der Waals surface area contributed by atoms with Crippen LogP contribution in [0.2, 0.25) is 0 Å². The number of fused-ring (bicyclic) bond motifs is 1. The molecule has 0 unspecified atom stereocenters. The Morgan fingerprint density at radius 3 is 3.03 bits per heavy atom. The van der Waals surface area contributed by atoms with Gasteiger partial charge in [0.15, 0.2) is 5.89 Å². The monoisotopic (exact) mass is 447 g/mol. The van der Waals surface area contributed by atoms with E-state index < -0.39 is 0 Å². The first-order chi connectivity index (χ1) is 16.0. The maximum Gasteiger partial charge on any atom is 0.270 e. The lowest BCUT2D eigenvalue weighted by Crippen LogP contribution is -2.39. The number of oxazole rings is 1. The summed E-state index contributed by atoms with van der Waals surface area (Å²) in [5.74, 6) is 1.93. The highest BCUT2D eigenvalue weighted by Crippen LogP contribution is 2.30. The number of nitrogens with zero attached hydrogens (tertiary/aromatic N) is 2. The molecule has 2 aromatic carbocycles. The summed E-state index contributed by atoms with van der Waals surface area (Å²) in [6, 6.07) is 12.4. The van der Waals surface area contributed by atoms with Gasteiger partial charge in [0.05, 0.1) is 19.2 Å². The number of halogens is 1. The fourth-order valence-electron chi connectivity index (χ4n) is 4.61. The van der Waals surface area contributed by atoms with Crippen molar-refractivity contribution in [1.29, 1.82) is 0 Å². The van der Waals surface area contributed by atoms with Crippen LogP contribution in [-0.4, -0.2) is 41.0 Å². The minimum Gasteiger partial charge on any atom is -0.497 e. The van der Waals surface area contributed by atoms with Crippen LogP contribution in [0.1, 0.15) is 52.0 Å². The second kappa shape index (κ2) is 8.73. The quantitative estimate of drug-likeness (QED) is 0.455. The number of likely N-dealkylation sites (tertiary alicyclic amines) is 1. The highest BCUT2D eigenvalue weighted by atomic mass is 19.1. The molecule has 1 N–H and O–H groups in total. The number of nitrogens with one attached hydrogen (secondary N) is 1. The third-order valence-electron chi connectivity index (χ3n) is 6.38. The molecule has 1 amide bonds. The second-order valence-corrected chi connectivity index (χ2v) is 8.60. The summed E-state index contributed by atoms with van der Waals surface area (Å²) in [6.45, 7) is 3.07. The number of ether oxygens (including phenoxy) is 1. The number of carbonyl (C=O) groups excluding carboxylic acids is 1. The summed E-state index contributed by atoms with van der Waals surface area (Å²) in [6.07, 6.45) is 4.19. The van der Waals surface area contributed by atoms with Crippen LogP contribution in [0.3, 0.4) is 0 Å². The molecular formula is C26H26FN3O3. The number of piperidine rings is 1. The smallest absolute Gasteiger partial charge is 0.270 e. The van der Waals surface area contributed by atoms with Crippen molar-refractivity contribution in [2.24, 2.45) is 0 Å². The van der Waals surface area contributed by atoms with Gasteiger partial charge in [-0.3, -0.25) is 4.79 Å². The van der Waals surface area contributed by atoms with Crippen LogP contribution in [0, 0.1) is 12.7 Å². The Labute approximate surface area is 191 Å². The van der Waals surface area contributed by atoms with Gasteiger partial charge in [-0.2, -0.15) is 0 Å². The fourth-order valence-corrected chi connectivity index (χ4v) is 4.61. The third-order valence-corrected chi connectivity index (χ3v) is 6.38. The molecule has 3 heterocycles. The van der Waals surface area contributed by atoms with Crippen molar-refractivity contribution in [2.45, 2.75) is 32.1 Å². The zero-order chi connectivity index (χ0) is 22.9. The van der Waals surface area contributed by atoms with Crippen LogP contribution in [0.4, 0.5) is 4.39 Å². The lowest BCUT2D eigenvalue weighted by molar-refractivity contribution is 0.0692. The van der Waals surface area contributed by atoms with Crippen molar-refractivity contribution in [3.8, 4) is 5.75 Å². The summed E-state index contributed by atoms with van der Waals surface area (Å²) in [4.78, 5) is 22.8. The van der Waals surface area contributed by atoms with Crippen molar-refractivity contribution in [3.05, 3.63) is 83.0 Å². The van der Waals surface area contributed by atoms with E-state index in [1.165, 1.54) is 12.1 Å². The highest BCUT2D eigenvalue weighted by Gasteiger charge is 2.30. The third kappa shape index (κ3) is 4.23. The van der Waals surface area contributed by atoms with Crippen molar-refractivity contribution in [3.63, 3.8) is 0 Å². The molecule has 0 saturated carbocycles. The van der Waals surface area contributed by atoms with Gasteiger partial charge in [0, 0.05) is 30.4 Å². The van der Waals surface area contributed by atoms with Gasteiger partial charge >= 0.3 is 0 Å². The second-order valence-electron chi connectivity index (χ2n) is 8.60. The van der Waals surface area contributed by atoms with Crippen LogP contribution < -0.4 is 4.74 Å². The molecule has 2 aromatic heterocycles. The number of carbonyl (C=O) groups is 1. The molecule has 170 valence electrons. The Morgan fingerprint density at radius 1 is 1.30 bits per heavy atom. The first-order valence-corrected chi connectivity index (χ1v) is 11.2. The van der Waals surface area contributed by atoms with Crippen LogP contribution >= 0.6 is 0 Å². The van der Waals surface area contributed by atoms with Gasteiger partial charge in [-0.1, -0.05) is 12.1 Å². The molecule has 6 nitrogen and oxygen atoms in total. The summed E-state index contributed by atoms with van der Waals surface area (Å²) in [5.41, 5.74) is 3.14. The Kier molecular flexibility index (Phi) is 5.62. The highest BCUT2D eigenvalue weighted by molar-refractivity contribution is 6.01. The van der Waals surface area contributed by atoms with E-state index in [-0.39, 0.29) is 17.6 Å². The van der Waals surface area contributed by atoms with Crippen LogP contribution in [0.5, 0.6) is 5.75 Å². The van der Waals surface area contributed by atoms with Gasteiger partial charge in [-0.15, -0.1) is 0 Å². The normalized spacial score (nSPS) is 16.3. The molecular weight excluding hydrogens is 421 g/mol. The van der Waals surface area contributed by atoms with Crippen LogP contribution in [-0.2, 0) is 6.42 Å². The minimum absolute atomic E-state index is 0.0453. The first-order valence-electron chi connectivity index (χ1n) is 11.2. The van der Waals surface area contributed by atoms with E-state index in [9.17, 15) is 9.18 Å². The number of amides is 1. The topological polar surface area (TPSA) is 71.4 Å².